The summed E-state index contributed by atoms with van der Waals surface area (Å²) < 4.78 is 28.6. The van der Waals surface area contributed by atoms with Crippen molar-refractivity contribution >= 4 is 11.7 Å². The van der Waals surface area contributed by atoms with Gasteiger partial charge in [0.15, 0.2) is 17.2 Å². The lowest BCUT2D eigenvalue weighted by molar-refractivity contribution is -0.00565. The maximum absolute atomic E-state index is 14.0. The molecule has 1 aromatic carbocycles. The molecule has 0 unspecified atom stereocenters. The quantitative estimate of drug-likeness (QED) is 0.714. The maximum Gasteiger partial charge on any atom is 0.278 e. The lowest BCUT2D eigenvalue weighted by Crippen LogP contribution is -2.73. The van der Waals surface area contributed by atoms with Crippen molar-refractivity contribution in [2.45, 2.75) is 57.0 Å². The second-order valence-corrected chi connectivity index (χ2v) is 9.05. The van der Waals surface area contributed by atoms with Crippen LogP contribution in [0.15, 0.2) is 29.2 Å². The number of Topliss-reactive ketones (excluding diaryl/α,β-unsaturated/α-hetero) is 1. The number of rotatable bonds is 4. The molecule has 174 valence electrons. The van der Waals surface area contributed by atoms with Crippen LogP contribution in [0.1, 0.15) is 71.4 Å². The third-order valence-corrected chi connectivity index (χ3v) is 7.20. The molecule has 2 aromatic rings. The van der Waals surface area contributed by atoms with E-state index < -0.39 is 40.2 Å². The number of amides is 1. The van der Waals surface area contributed by atoms with Gasteiger partial charge in [0.05, 0.1) is 5.56 Å². The summed E-state index contributed by atoms with van der Waals surface area (Å²) in [6.45, 7) is 1.19. The standard InChI is InChI=1S/C24H25F2N3O4/c25-16-7-5-15(18(26)13-16)6-8-19(30)17-14-28-20(22(32)21(17)31)23(33)27-11-3-1-9-24(27)10-2-4-12-29(24)28/h5,7,13-14,32H,1-4,6,8-12H2/t24-/m0/s1. The number of aromatic nitrogens is 1. The Kier molecular flexibility index (Phi) is 5.22. The summed E-state index contributed by atoms with van der Waals surface area (Å²) in [6, 6.07) is 3.12. The first-order chi connectivity index (χ1) is 15.8. The minimum Gasteiger partial charge on any atom is -0.502 e. The van der Waals surface area contributed by atoms with Crippen LogP contribution in [-0.4, -0.2) is 45.1 Å². The molecule has 3 aliphatic rings. The summed E-state index contributed by atoms with van der Waals surface area (Å²) in [5.74, 6) is -3.17. The van der Waals surface area contributed by atoms with Gasteiger partial charge < -0.3 is 10.0 Å². The van der Waals surface area contributed by atoms with Crippen molar-refractivity contribution in [3.8, 4) is 5.75 Å². The van der Waals surface area contributed by atoms with Crippen LogP contribution >= 0.6 is 0 Å². The molecule has 2 saturated heterocycles. The normalized spacial score (nSPS) is 21.9. The van der Waals surface area contributed by atoms with Crippen LogP contribution in [0.4, 0.5) is 8.78 Å². The highest BCUT2D eigenvalue weighted by Crippen LogP contribution is 2.42. The summed E-state index contributed by atoms with van der Waals surface area (Å²) in [6.07, 6.45) is 6.42. The van der Waals surface area contributed by atoms with E-state index in [1.165, 1.54) is 16.9 Å². The third-order valence-electron chi connectivity index (χ3n) is 7.20. The van der Waals surface area contributed by atoms with Gasteiger partial charge in [0, 0.05) is 31.8 Å². The molecule has 0 radical (unpaired) electrons. The minimum absolute atomic E-state index is 0.0206. The number of aryl methyl sites for hydroxylation is 1. The minimum atomic E-state index is -0.902. The number of nitrogens with zero attached hydrogens (tertiary/aromatic N) is 3. The highest BCUT2D eigenvalue weighted by atomic mass is 19.1. The van der Waals surface area contributed by atoms with Gasteiger partial charge >= 0.3 is 0 Å². The molecule has 33 heavy (non-hydrogen) atoms. The van der Waals surface area contributed by atoms with Gasteiger partial charge in [0.25, 0.3) is 5.91 Å². The molecule has 1 spiro atoms. The first kappa shape index (κ1) is 21.6. The molecule has 3 aliphatic heterocycles. The van der Waals surface area contributed by atoms with Crippen LogP contribution in [-0.2, 0) is 6.42 Å². The van der Waals surface area contributed by atoms with Crippen LogP contribution in [0.25, 0.3) is 0 Å². The van der Waals surface area contributed by atoms with Gasteiger partial charge in [-0.2, -0.15) is 0 Å². The van der Waals surface area contributed by atoms with E-state index in [0.717, 1.165) is 50.7 Å². The Bertz CT molecular complexity index is 1200. The summed E-state index contributed by atoms with van der Waals surface area (Å²) in [5.41, 5.74) is -1.60. The van der Waals surface area contributed by atoms with Gasteiger partial charge in [-0.25, -0.2) is 8.78 Å². The number of carbonyl (C=O) groups excluding carboxylic acids is 2. The monoisotopic (exact) mass is 457 g/mol. The fourth-order valence-electron chi connectivity index (χ4n) is 5.57. The largest absolute Gasteiger partial charge is 0.502 e. The molecule has 4 heterocycles. The number of piperidine rings is 2. The molecule has 1 aromatic heterocycles. The van der Waals surface area contributed by atoms with Crippen LogP contribution in [0, 0.1) is 11.6 Å². The number of fused-ring (bicyclic) bond motifs is 2. The molecule has 7 nitrogen and oxygen atoms in total. The Morgan fingerprint density at radius 1 is 1.06 bits per heavy atom. The van der Waals surface area contributed by atoms with Crippen LogP contribution < -0.4 is 10.4 Å². The van der Waals surface area contributed by atoms with Crippen molar-refractivity contribution in [2.24, 2.45) is 0 Å². The fourth-order valence-corrected chi connectivity index (χ4v) is 5.57. The predicted molar refractivity (Wildman–Crippen MR) is 116 cm³/mol. The van der Waals surface area contributed by atoms with E-state index in [1.54, 1.807) is 4.90 Å². The molecule has 1 amide bonds. The van der Waals surface area contributed by atoms with Crippen molar-refractivity contribution in [1.29, 1.82) is 0 Å². The van der Waals surface area contributed by atoms with Crippen LogP contribution in [0.5, 0.6) is 5.75 Å². The van der Waals surface area contributed by atoms with Crippen molar-refractivity contribution < 1.29 is 23.5 Å². The van der Waals surface area contributed by atoms with E-state index in [1.807, 2.05) is 5.01 Å². The highest BCUT2D eigenvalue weighted by molar-refractivity contribution is 6.00. The fraction of sp³-hybridized carbons (Fsp3) is 0.458. The van der Waals surface area contributed by atoms with E-state index >= 15 is 0 Å². The third kappa shape index (κ3) is 3.32. The van der Waals surface area contributed by atoms with Crippen molar-refractivity contribution in [2.75, 3.05) is 18.1 Å². The smallest absolute Gasteiger partial charge is 0.278 e. The Balaban J connectivity index is 1.53. The number of benzene rings is 1. The lowest BCUT2D eigenvalue weighted by Gasteiger charge is -2.59. The zero-order valence-corrected chi connectivity index (χ0v) is 18.1. The summed E-state index contributed by atoms with van der Waals surface area (Å²) >= 11 is 0. The zero-order chi connectivity index (χ0) is 23.3. The van der Waals surface area contributed by atoms with E-state index in [0.29, 0.717) is 13.1 Å². The average molecular weight is 457 g/mol. The van der Waals surface area contributed by atoms with E-state index in [4.69, 9.17) is 0 Å². The van der Waals surface area contributed by atoms with Crippen molar-refractivity contribution in [3.05, 3.63) is 63.1 Å². The number of aromatic hydroxyl groups is 1. The Hall–Kier alpha value is -3.23. The molecule has 2 fully saturated rings. The molecule has 0 bridgehead atoms. The molecular weight excluding hydrogens is 432 g/mol. The molecule has 5 rings (SSSR count). The predicted octanol–water partition coefficient (Wildman–Crippen LogP) is 3.11. The highest BCUT2D eigenvalue weighted by Gasteiger charge is 2.53. The van der Waals surface area contributed by atoms with Gasteiger partial charge in [-0.15, -0.1) is 0 Å². The van der Waals surface area contributed by atoms with Crippen LogP contribution in [0.2, 0.25) is 0 Å². The van der Waals surface area contributed by atoms with E-state index in [2.05, 4.69) is 0 Å². The van der Waals surface area contributed by atoms with Crippen molar-refractivity contribution in [1.82, 2.24) is 9.58 Å². The van der Waals surface area contributed by atoms with E-state index in [-0.39, 0.29) is 29.7 Å². The van der Waals surface area contributed by atoms with Gasteiger partial charge in [0.2, 0.25) is 5.43 Å². The Morgan fingerprint density at radius 3 is 2.52 bits per heavy atom. The molecule has 1 N–H and O–H groups in total. The number of carbonyl (C=O) groups is 2. The number of ketones is 1. The SMILES string of the molecule is O=C(CCc1ccc(F)cc1F)c1cn2c(c(O)c1=O)C(=O)N1CCCC[C@]13CCCCN23. The molecular formula is C24H25F2N3O4. The number of hydrogen-bond acceptors (Lipinski definition) is 5. The lowest BCUT2D eigenvalue weighted by atomic mass is 9.85. The molecule has 0 aliphatic carbocycles. The number of halogens is 2. The Labute approximate surface area is 189 Å². The topological polar surface area (TPSA) is 82.8 Å². The summed E-state index contributed by atoms with van der Waals surface area (Å²) in [4.78, 5) is 40.9. The molecule has 0 saturated carbocycles. The zero-order valence-electron chi connectivity index (χ0n) is 18.1. The molecule has 9 heteroatoms. The van der Waals surface area contributed by atoms with Gasteiger partial charge in [-0.05, 0) is 56.6 Å². The van der Waals surface area contributed by atoms with Gasteiger partial charge in [-0.3, -0.25) is 24.1 Å². The van der Waals surface area contributed by atoms with E-state index in [9.17, 15) is 28.3 Å². The van der Waals surface area contributed by atoms with Gasteiger partial charge in [0.1, 0.15) is 17.3 Å². The van der Waals surface area contributed by atoms with Crippen molar-refractivity contribution in [3.63, 3.8) is 0 Å². The number of hydrogen-bond donors (Lipinski definition) is 1. The average Bonchev–Trinajstić information content (AvgIpc) is 2.80. The van der Waals surface area contributed by atoms with Gasteiger partial charge in [-0.1, -0.05) is 6.07 Å². The maximum atomic E-state index is 14.0. The Morgan fingerprint density at radius 2 is 1.79 bits per heavy atom. The molecule has 1 atom stereocenters. The summed E-state index contributed by atoms with van der Waals surface area (Å²) in [5, 5.41) is 12.7. The second kappa shape index (κ2) is 7.97. The first-order valence-electron chi connectivity index (χ1n) is 11.4. The van der Waals surface area contributed by atoms with Crippen LogP contribution in [0.3, 0.4) is 0 Å². The second-order valence-electron chi connectivity index (χ2n) is 9.05. The number of pyridine rings is 1. The first-order valence-corrected chi connectivity index (χ1v) is 11.4. The summed E-state index contributed by atoms with van der Waals surface area (Å²) in [7, 11) is 0.